The summed E-state index contributed by atoms with van der Waals surface area (Å²) in [5, 5.41) is 19.6. The van der Waals surface area contributed by atoms with Gasteiger partial charge >= 0.3 is 6.18 Å². The van der Waals surface area contributed by atoms with Crippen LogP contribution in [0.1, 0.15) is 29.9 Å². The second-order valence-corrected chi connectivity index (χ2v) is 11.7. The molecule has 0 atom stereocenters. The van der Waals surface area contributed by atoms with E-state index in [-0.39, 0.29) is 18.3 Å². The zero-order valence-electron chi connectivity index (χ0n) is 20.7. The largest absolute Gasteiger partial charge is 0.417 e. The smallest absolute Gasteiger partial charge is 0.380 e. The lowest BCUT2D eigenvalue weighted by atomic mass is 9.73. The monoisotopic (exact) mass is 546 g/mol. The quantitative estimate of drug-likeness (QED) is 0.536. The average molecular weight is 547 g/mol. The van der Waals surface area contributed by atoms with Gasteiger partial charge in [-0.2, -0.15) is 13.2 Å². The van der Waals surface area contributed by atoms with Crippen molar-refractivity contribution in [3.63, 3.8) is 0 Å². The fourth-order valence-corrected chi connectivity index (χ4v) is 6.51. The number of alkyl halides is 3. The van der Waals surface area contributed by atoms with E-state index < -0.39 is 17.8 Å². The Kier molecular flexibility index (Phi) is 5.09. The first-order chi connectivity index (χ1) is 18.0. The summed E-state index contributed by atoms with van der Waals surface area (Å²) in [6, 6.07) is 5.15. The van der Waals surface area contributed by atoms with Gasteiger partial charge in [-0.1, -0.05) is 11.6 Å². The number of nitrogens with zero attached hydrogens (tertiary/aromatic N) is 8. The number of hydrogen-bond donors (Lipinski definition) is 1. The summed E-state index contributed by atoms with van der Waals surface area (Å²) >= 11 is 6.32. The van der Waals surface area contributed by atoms with Crippen molar-refractivity contribution in [3.05, 3.63) is 52.7 Å². The lowest BCUT2D eigenvalue weighted by Crippen LogP contribution is -2.73. The molecule has 0 bridgehead atoms. The lowest BCUT2D eigenvalue weighted by Gasteiger charge is -2.60. The van der Waals surface area contributed by atoms with Gasteiger partial charge in [0.15, 0.2) is 11.4 Å². The molecule has 2 saturated heterocycles. The molecule has 1 spiro atoms. The highest BCUT2D eigenvalue weighted by molar-refractivity contribution is 6.30. The number of aryl methyl sites for hydroxylation is 1. The highest BCUT2D eigenvalue weighted by Gasteiger charge is 2.62. The zero-order valence-corrected chi connectivity index (χ0v) is 21.4. The number of aliphatic hydroxyl groups is 1. The maximum atomic E-state index is 13.3. The Balaban J connectivity index is 1.12. The molecule has 200 valence electrons. The summed E-state index contributed by atoms with van der Waals surface area (Å²) in [6.45, 7) is 6.12. The molecule has 5 heterocycles. The molecule has 3 fully saturated rings. The lowest BCUT2D eigenvalue weighted by molar-refractivity contribution is -0.300. The highest BCUT2D eigenvalue weighted by atomic mass is 35.5. The molecule has 1 saturated carbocycles. The summed E-state index contributed by atoms with van der Waals surface area (Å²) in [5.41, 5.74) is 0.187. The van der Waals surface area contributed by atoms with E-state index in [0.29, 0.717) is 23.9 Å². The molecule has 7 rings (SSSR count). The molecule has 38 heavy (non-hydrogen) atoms. The van der Waals surface area contributed by atoms with Crippen LogP contribution < -0.4 is 9.80 Å². The molecule has 3 aliphatic heterocycles. The number of benzene rings is 1. The van der Waals surface area contributed by atoms with Crippen molar-refractivity contribution >= 4 is 23.4 Å². The second-order valence-electron chi connectivity index (χ2n) is 11.3. The topological polar surface area (TPSA) is 86.4 Å². The van der Waals surface area contributed by atoms with Gasteiger partial charge in [-0.25, -0.2) is 4.98 Å². The van der Waals surface area contributed by atoms with Crippen LogP contribution in [0.5, 0.6) is 0 Å². The van der Waals surface area contributed by atoms with Crippen molar-refractivity contribution in [3.8, 4) is 5.69 Å². The number of fused-ring (bicyclic) bond motifs is 3. The summed E-state index contributed by atoms with van der Waals surface area (Å²) in [5.74, 6) is 2.28. The summed E-state index contributed by atoms with van der Waals surface area (Å²) in [4.78, 5) is 15.2. The summed E-state index contributed by atoms with van der Waals surface area (Å²) < 4.78 is 41.9. The molecule has 1 aliphatic carbocycles. The Hall–Kier alpha value is -2.96. The predicted molar refractivity (Wildman–Crippen MR) is 133 cm³/mol. The molecule has 13 heteroatoms. The van der Waals surface area contributed by atoms with E-state index in [2.05, 4.69) is 30.0 Å². The molecule has 0 amide bonds. The summed E-state index contributed by atoms with van der Waals surface area (Å²) in [7, 11) is 0. The number of rotatable bonds is 3. The first-order valence-electron chi connectivity index (χ1n) is 12.6. The van der Waals surface area contributed by atoms with E-state index in [1.54, 1.807) is 18.5 Å². The maximum Gasteiger partial charge on any atom is 0.417 e. The van der Waals surface area contributed by atoms with Gasteiger partial charge in [0.1, 0.15) is 5.82 Å². The molecular weight excluding hydrogens is 521 g/mol. The van der Waals surface area contributed by atoms with Gasteiger partial charge in [-0.3, -0.25) is 14.5 Å². The van der Waals surface area contributed by atoms with E-state index in [1.165, 1.54) is 0 Å². The third-order valence-corrected chi connectivity index (χ3v) is 8.59. The molecule has 1 N–H and O–H groups in total. The SMILES string of the molecule is Cc1cncc(N2CC3(C2)CN(c2nnc4n2-c2ccc(Cl)cc2CN(C2CC(O)(C(F)(F)F)C2)C4)C3)n1. The first kappa shape index (κ1) is 24.1. The molecule has 0 unspecified atom stereocenters. The first-order valence-corrected chi connectivity index (χ1v) is 13.0. The van der Waals surface area contributed by atoms with Crippen LogP contribution in [0.4, 0.5) is 24.9 Å². The second kappa shape index (κ2) is 8.03. The third-order valence-electron chi connectivity index (χ3n) is 8.36. The molecular formula is C25H26ClF3N8O. The Bertz CT molecular complexity index is 1410. The molecule has 0 radical (unpaired) electrons. The Morgan fingerprint density at radius 3 is 2.47 bits per heavy atom. The fourth-order valence-electron chi connectivity index (χ4n) is 6.32. The molecule has 9 nitrogen and oxygen atoms in total. The van der Waals surface area contributed by atoms with Gasteiger partial charge in [0, 0.05) is 68.2 Å². The van der Waals surface area contributed by atoms with Crippen LogP contribution in [0, 0.1) is 12.3 Å². The summed E-state index contributed by atoms with van der Waals surface area (Å²) in [6.07, 6.45) is -1.82. The molecule has 3 aromatic rings. The Labute approximate surface area is 221 Å². The standard InChI is InChI=1S/C25H26ClF3N8O/c1-15-7-30-8-20(31-15)35-11-23(12-35)13-36(14-23)22-33-32-21-10-34(18-5-24(38,6-18)25(27,28)29)9-16-4-17(26)2-3-19(16)37(21)22/h2-4,7-8,18,38H,5-6,9-14H2,1H3. The van der Waals surface area contributed by atoms with Gasteiger partial charge in [0.25, 0.3) is 0 Å². The van der Waals surface area contributed by atoms with Crippen LogP contribution >= 0.6 is 11.6 Å². The zero-order chi connectivity index (χ0) is 26.4. The van der Waals surface area contributed by atoms with Gasteiger partial charge in [-0.05, 0) is 30.7 Å². The van der Waals surface area contributed by atoms with Crippen LogP contribution in [0.25, 0.3) is 5.69 Å². The minimum absolute atomic E-state index is 0.158. The van der Waals surface area contributed by atoms with E-state index in [0.717, 1.165) is 54.9 Å². The molecule has 1 aromatic carbocycles. The maximum absolute atomic E-state index is 13.3. The van der Waals surface area contributed by atoms with Crippen LogP contribution in [0.2, 0.25) is 5.02 Å². The number of anilines is 2. The van der Waals surface area contributed by atoms with Gasteiger partial charge in [0.05, 0.1) is 24.1 Å². The van der Waals surface area contributed by atoms with Gasteiger partial charge < -0.3 is 14.9 Å². The van der Waals surface area contributed by atoms with E-state index >= 15 is 0 Å². The van der Waals surface area contributed by atoms with Crippen molar-refractivity contribution in [1.82, 2.24) is 29.6 Å². The third kappa shape index (κ3) is 3.68. The van der Waals surface area contributed by atoms with Crippen molar-refractivity contribution in [2.45, 2.75) is 50.7 Å². The van der Waals surface area contributed by atoms with Crippen molar-refractivity contribution in [2.75, 3.05) is 36.0 Å². The van der Waals surface area contributed by atoms with Crippen LogP contribution in [-0.2, 0) is 13.1 Å². The molecule has 4 aliphatic rings. The van der Waals surface area contributed by atoms with Crippen molar-refractivity contribution in [1.29, 1.82) is 0 Å². The van der Waals surface area contributed by atoms with Crippen molar-refractivity contribution < 1.29 is 18.3 Å². The van der Waals surface area contributed by atoms with Crippen molar-refractivity contribution in [2.24, 2.45) is 5.41 Å². The number of hydrogen-bond acceptors (Lipinski definition) is 8. The predicted octanol–water partition coefficient (Wildman–Crippen LogP) is 3.12. The van der Waals surface area contributed by atoms with E-state index in [9.17, 15) is 18.3 Å². The van der Waals surface area contributed by atoms with Crippen LogP contribution in [-0.4, -0.2) is 78.7 Å². The fraction of sp³-hybridized carbons (Fsp3) is 0.520. The van der Waals surface area contributed by atoms with E-state index in [1.807, 2.05) is 28.5 Å². The average Bonchev–Trinajstić information content (AvgIpc) is 3.09. The molecule has 2 aromatic heterocycles. The highest BCUT2D eigenvalue weighted by Crippen LogP contribution is 2.49. The van der Waals surface area contributed by atoms with Gasteiger partial charge in [0.2, 0.25) is 5.95 Å². The normalized spacial score (nSPS) is 26.2. The minimum atomic E-state index is -4.64. The minimum Gasteiger partial charge on any atom is -0.380 e. The number of aromatic nitrogens is 5. The van der Waals surface area contributed by atoms with Crippen LogP contribution in [0.15, 0.2) is 30.6 Å². The van der Waals surface area contributed by atoms with Crippen LogP contribution in [0.3, 0.4) is 0 Å². The van der Waals surface area contributed by atoms with Gasteiger partial charge in [-0.15, -0.1) is 10.2 Å². The Morgan fingerprint density at radius 1 is 1.03 bits per heavy atom. The Morgan fingerprint density at radius 2 is 1.76 bits per heavy atom. The van der Waals surface area contributed by atoms with E-state index in [4.69, 9.17) is 11.6 Å². The number of halogens is 4.